The third-order valence-electron chi connectivity index (χ3n) is 2.72. The van der Waals surface area contributed by atoms with Gasteiger partial charge in [0.25, 0.3) is 0 Å². The zero-order chi connectivity index (χ0) is 12.4. The molecule has 0 radical (unpaired) electrons. The van der Waals surface area contributed by atoms with Crippen molar-refractivity contribution in [3.05, 3.63) is 0 Å². The molecule has 0 aromatic carbocycles. The van der Waals surface area contributed by atoms with Gasteiger partial charge in [-0.1, -0.05) is 32.6 Å². The molecule has 0 aromatic heterocycles. The number of nitrogens with one attached hydrogen (secondary N) is 1. The molecule has 96 valence electrons. The van der Waals surface area contributed by atoms with E-state index in [2.05, 4.69) is 19.2 Å². The summed E-state index contributed by atoms with van der Waals surface area (Å²) in [6.07, 6.45) is 7.45. The normalized spacial score (nSPS) is 14.5. The van der Waals surface area contributed by atoms with E-state index in [-0.39, 0.29) is 11.9 Å². The van der Waals surface area contributed by atoms with Crippen molar-refractivity contribution in [3.63, 3.8) is 0 Å². The van der Waals surface area contributed by atoms with Crippen molar-refractivity contribution in [2.75, 3.05) is 0 Å². The Morgan fingerprint density at radius 3 is 2.44 bits per heavy atom. The summed E-state index contributed by atoms with van der Waals surface area (Å²) in [5, 5.41) is 3.02. The van der Waals surface area contributed by atoms with Crippen LogP contribution in [0.1, 0.15) is 65.7 Å². The Labute approximate surface area is 100 Å². The second kappa shape index (κ2) is 9.64. The number of unbranched alkanes of at least 4 members (excludes halogenated alkanes) is 3. The van der Waals surface area contributed by atoms with Crippen molar-refractivity contribution >= 4 is 5.91 Å². The van der Waals surface area contributed by atoms with E-state index in [4.69, 9.17) is 5.73 Å². The molecule has 3 N–H and O–H groups in total. The van der Waals surface area contributed by atoms with Crippen molar-refractivity contribution in [2.24, 2.45) is 5.73 Å². The van der Waals surface area contributed by atoms with Crippen molar-refractivity contribution in [2.45, 2.75) is 77.8 Å². The summed E-state index contributed by atoms with van der Waals surface area (Å²) in [5.74, 6) is 0.139. The van der Waals surface area contributed by atoms with E-state index in [1.165, 1.54) is 25.7 Å². The van der Waals surface area contributed by atoms with E-state index in [1.54, 1.807) is 0 Å². The second-order valence-corrected chi connectivity index (χ2v) is 4.83. The van der Waals surface area contributed by atoms with Crippen LogP contribution in [0.2, 0.25) is 0 Å². The van der Waals surface area contributed by atoms with Crippen molar-refractivity contribution in [3.8, 4) is 0 Å². The molecule has 0 heterocycles. The van der Waals surface area contributed by atoms with E-state index in [9.17, 15) is 4.79 Å². The van der Waals surface area contributed by atoms with Gasteiger partial charge in [-0.15, -0.1) is 0 Å². The average molecular weight is 228 g/mol. The van der Waals surface area contributed by atoms with E-state index in [0.717, 1.165) is 12.8 Å². The lowest BCUT2D eigenvalue weighted by Crippen LogP contribution is -2.33. The third kappa shape index (κ3) is 9.97. The fraction of sp³-hybridized carbons (Fsp3) is 0.923. The number of amides is 1. The largest absolute Gasteiger partial charge is 0.354 e. The molecule has 3 nitrogen and oxygen atoms in total. The highest BCUT2D eigenvalue weighted by atomic mass is 16.1. The van der Waals surface area contributed by atoms with E-state index in [1.807, 2.05) is 6.92 Å². The van der Waals surface area contributed by atoms with Gasteiger partial charge in [0, 0.05) is 18.5 Å². The highest BCUT2D eigenvalue weighted by Crippen LogP contribution is 2.05. The van der Waals surface area contributed by atoms with Crippen LogP contribution in [0, 0.1) is 0 Å². The molecule has 0 rings (SSSR count). The molecule has 0 saturated heterocycles. The first-order valence-electron chi connectivity index (χ1n) is 6.61. The molecule has 0 spiro atoms. The van der Waals surface area contributed by atoms with Gasteiger partial charge in [0.15, 0.2) is 0 Å². The van der Waals surface area contributed by atoms with E-state index >= 15 is 0 Å². The molecule has 0 aliphatic rings. The molecule has 3 heteroatoms. The second-order valence-electron chi connectivity index (χ2n) is 4.83. The number of nitrogens with two attached hydrogens (primary N) is 1. The third-order valence-corrected chi connectivity index (χ3v) is 2.72. The Hall–Kier alpha value is -0.570. The number of hydrogen-bond donors (Lipinski definition) is 2. The molecular weight excluding hydrogens is 200 g/mol. The van der Waals surface area contributed by atoms with Gasteiger partial charge in [0.2, 0.25) is 5.91 Å². The SMILES string of the molecule is CCCCCCC(C)NC(=O)CCC(C)N. The van der Waals surface area contributed by atoms with E-state index in [0.29, 0.717) is 12.5 Å². The Balaban J connectivity index is 3.46. The minimum absolute atomic E-state index is 0.116. The zero-order valence-electron chi connectivity index (χ0n) is 11.1. The van der Waals surface area contributed by atoms with Crippen LogP contribution in [0.15, 0.2) is 0 Å². The molecule has 0 saturated carbocycles. The van der Waals surface area contributed by atoms with Gasteiger partial charge >= 0.3 is 0 Å². The maximum atomic E-state index is 11.5. The van der Waals surface area contributed by atoms with Gasteiger partial charge in [-0.25, -0.2) is 0 Å². The lowest BCUT2D eigenvalue weighted by Gasteiger charge is -2.14. The van der Waals surface area contributed by atoms with Crippen LogP contribution in [0.4, 0.5) is 0 Å². The quantitative estimate of drug-likeness (QED) is 0.596. The molecule has 1 amide bonds. The van der Waals surface area contributed by atoms with Crippen LogP contribution in [0.5, 0.6) is 0 Å². The Bertz CT molecular complexity index is 181. The van der Waals surface area contributed by atoms with Gasteiger partial charge < -0.3 is 11.1 Å². The van der Waals surface area contributed by atoms with Crippen molar-refractivity contribution < 1.29 is 4.79 Å². The van der Waals surface area contributed by atoms with Crippen molar-refractivity contribution in [1.29, 1.82) is 0 Å². The molecule has 16 heavy (non-hydrogen) atoms. The van der Waals surface area contributed by atoms with Gasteiger partial charge in [0.1, 0.15) is 0 Å². The Kier molecular flexibility index (Phi) is 9.30. The van der Waals surface area contributed by atoms with Crippen LogP contribution in [-0.4, -0.2) is 18.0 Å². The first-order chi connectivity index (χ1) is 7.56. The predicted molar refractivity (Wildman–Crippen MR) is 69.2 cm³/mol. The molecule has 0 fully saturated rings. The molecule has 0 bridgehead atoms. The summed E-state index contributed by atoms with van der Waals surface area (Å²) in [4.78, 5) is 11.5. The Morgan fingerprint density at radius 2 is 1.88 bits per heavy atom. The summed E-state index contributed by atoms with van der Waals surface area (Å²) in [5.41, 5.74) is 5.61. The van der Waals surface area contributed by atoms with Gasteiger partial charge in [-0.2, -0.15) is 0 Å². The summed E-state index contributed by atoms with van der Waals surface area (Å²) < 4.78 is 0. The number of hydrogen-bond acceptors (Lipinski definition) is 2. The summed E-state index contributed by atoms with van der Waals surface area (Å²) in [6, 6.07) is 0.419. The maximum Gasteiger partial charge on any atom is 0.220 e. The number of rotatable bonds is 9. The summed E-state index contributed by atoms with van der Waals surface area (Å²) in [6.45, 7) is 6.22. The van der Waals surface area contributed by atoms with E-state index < -0.39 is 0 Å². The predicted octanol–water partition coefficient (Wildman–Crippen LogP) is 2.59. The van der Waals surface area contributed by atoms with Crippen LogP contribution >= 0.6 is 0 Å². The highest BCUT2D eigenvalue weighted by molar-refractivity contribution is 5.76. The monoisotopic (exact) mass is 228 g/mol. The summed E-state index contributed by atoms with van der Waals surface area (Å²) >= 11 is 0. The number of carbonyl (C=O) groups excluding carboxylic acids is 1. The van der Waals surface area contributed by atoms with Gasteiger partial charge in [0.05, 0.1) is 0 Å². The minimum atomic E-state index is 0.116. The van der Waals surface area contributed by atoms with Crippen molar-refractivity contribution in [1.82, 2.24) is 5.32 Å². The topological polar surface area (TPSA) is 55.1 Å². The minimum Gasteiger partial charge on any atom is -0.354 e. The zero-order valence-corrected chi connectivity index (χ0v) is 11.1. The summed E-state index contributed by atoms with van der Waals surface area (Å²) in [7, 11) is 0. The van der Waals surface area contributed by atoms with Crippen LogP contribution < -0.4 is 11.1 Å². The first-order valence-corrected chi connectivity index (χ1v) is 6.61. The smallest absolute Gasteiger partial charge is 0.220 e. The Morgan fingerprint density at radius 1 is 1.19 bits per heavy atom. The first kappa shape index (κ1) is 15.4. The van der Waals surface area contributed by atoms with Gasteiger partial charge in [-0.3, -0.25) is 4.79 Å². The molecular formula is C13H28N2O. The average Bonchev–Trinajstić information content (AvgIpc) is 2.21. The lowest BCUT2D eigenvalue weighted by atomic mass is 10.1. The van der Waals surface area contributed by atoms with Crippen LogP contribution in [0.25, 0.3) is 0 Å². The van der Waals surface area contributed by atoms with Crippen LogP contribution in [-0.2, 0) is 4.79 Å². The highest BCUT2D eigenvalue weighted by Gasteiger charge is 2.07. The molecule has 2 unspecified atom stereocenters. The fourth-order valence-electron chi connectivity index (χ4n) is 1.66. The van der Waals surface area contributed by atoms with Crippen LogP contribution in [0.3, 0.4) is 0 Å². The molecule has 0 aromatic rings. The fourth-order valence-corrected chi connectivity index (χ4v) is 1.66. The molecule has 0 aliphatic heterocycles. The lowest BCUT2D eigenvalue weighted by molar-refractivity contribution is -0.121. The maximum absolute atomic E-state index is 11.5. The molecule has 0 aliphatic carbocycles. The standard InChI is InChI=1S/C13H28N2O/c1-4-5-6-7-8-12(3)15-13(16)10-9-11(2)14/h11-12H,4-10,14H2,1-3H3,(H,15,16). The number of carbonyl (C=O) groups is 1. The van der Waals surface area contributed by atoms with Gasteiger partial charge in [-0.05, 0) is 26.7 Å². The molecule has 2 atom stereocenters.